The SMILES string of the molecule is C=CC(=O)N(CCO)[C@@H]1CCCN(C(=O)CNc2cc(Cl)c(Cl)cc2O)C1. The number of anilines is 1. The van der Waals surface area contributed by atoms with Gasteiger partial charge in [-0.05, 0) is 25.0 Å². The number of aliphatic hydroxyl groups excluding tert-OH is 1. The number of aromatic hydroxyl groups is 1. The molecule has 1 saturated heterocycles. The van der Waals surface area contributed by atoms with Gasteiger partial charge in [-0.15, -0.1) is 0 Å². The minimum absolute atomic E-state index is 0.0341. The summed E-state index contributed by atoms with van der Waals surface area (Å²) in [6.07, 6.45) is 2.72. The summed E-state index contributed by atoms with van der Waals surface area (Å²) in [6, 6.07) is 2.59. The maximum Gasteiger partial charge on any atom is 0.246 e. The average molecular weight is 416 g/mol. The molecule has 2 amide bonds. The second kappa shape index (κ2) is 9.82. The molecule has 3 N–H and O–H groups in total. The number of carbonyl (C=O) groups excluding carboxylic acids is 2. The largest absolute Gasteiger partial charge is 0.506 e. The van der Waals surface area contributed by atoms with Gasteiger partial charge in [0, 0.05) is 31.7 Å². The highest BCUT2D eigenvalue weighted by molar-refractivity contribution is 6.42. The van der Waals surface area contributed by atoms with Crippen LogP contribution in [0.3, 0.4) is 0 Å². The number of aliphatic hydroxyl groups is 1. The van der Waals surface area contributed by atoms with E-state index >= 15 is 0 Å². The van der Waals surface area contributed by atoms with Crippen LogP contribution in [0.2, 0.25) is 10.0 Å². The van der Waals surface area contributed by atoms with E-state index in [-0.39, 0.29) is 53.3 Å². The Bertz CT molecular complexity index is 714. The molecule has 0 saturated carbocycles. The van der Waals surface area contributed by atoms with Gasteiger partial charge in [0.2, 0.25) is 11.8 Å². The van der Waals surface area contributed by atoms with Gasteiger partial charge < -0.3 is 25.3 Å². The van der Waals surface area contributed by atoms with Gasteiger partial charge in [0.1, 0.15) is 5.75 Å². The summed E-state index contributed by atoms with van der Waals surface area (Å²) in [5.74, 6) is -0.526. The smallest absolute Gasteiger partial charge is 0.246 e. The molecule has 9 heteroatoms. The van der Waals surface area contributed by atoms with Crippen LogP contribution in [-0.4, -0.2) is 70.7 Å². The number of carbonyl (C=O) groups is 2. The molecule has 0 spiro atoms. The number of rotatable bonds is 7. The summed E-state index contributed by atoms with van der Waals surface area (Å²) in [5.41, 5.74) is 0.315. The molecule has 0 radical (unpaired) electrons. The zero-order valence-corrected chi connectivity index (χ0v) is 16.3. The first kappa shape index (κ1) is 21.3. The number of hydrogen-bond acceptors (Lipinski definition) is 5. The quantitative estimate of drug-likeness (QED) is 0.468. The molecule has 2 rings (SSSR count). The van der Waals surface area contributed by atoms with Crippen LogP contribution in [0, 0.1) is 0 Å². The topological polar surface area (TPSA) is 93.1 Å². The fraction of sp³-hybridized carbons (Fsp3) is 0.444. The first-order valence-electron chi connectivity index (χ1n) is 8.61. The van der Waals surface area contributed by atoms with Crippen LogP contribution >= 0.6 is 23.2 Å². The molecular formula is C18H23Cl2N3O4. The van der Waals surface area contributed by atoms with Crippen molar-refractivity contribution in [3.05, 3.63) is 34.8 Å². The van der Waals surface area contributed by atoms with E-state index in [0.717, 1.165) is 12.8 Å². The Morgan fingerprint density at radius 1 is 1.37 bits per heavy atom. The predicted molar refractivity (Wildman–Crippen MR) is 105 cm³/mol. The van der Waals surface area contributed by atoms with E-state index in [0.29, 0.717) is 18.8 Å². The average Bonchev–Trinajstić information content (AvgIpc) is 2.67. The minimum atomic E-state index is -0.262. The zero-order valence-electron chi connectivity index (χ0n) is 14.8. The molecule has 0 aromatic heterocycles. The lowest BCUT2D eigenvalue weighted by atomic mass is 10.0. The Kier molecular flexibility index (Phi) is 7.77. The third-order valence-corrected chi connectivity index (χ3v) is 5.18. The lowest BCUT2D eigenvalue weighted by Gasteiger charge is -2.39. The summed E-state index contributed by atoms with van der Waals surface area (Å²) in [7, 11) is 0. The Hall–Kier alpha value is -1.96. The Labute approximate surface area is 168 Å². The normalized spacial score (nSPS) is 16.7. The summed E-state index contributed by atoms with van der Waals surface area (Å²) in [5, 5.41) is 22.4. The lowest BCUT2D eigenvalue weighted by Crippen LogP contribution is -2.53. The zero-order chi connectivity index (χ0) is 20.0. The highest BCUT2D eigenvalue weighted by atomic mass is 35.5. The van der Waals surface area contributed by atoms with Gasteiger partial charge in [-0.1, -0.05) is 29.8 Å². The highest BCUT2D eigenvalue weighted by Crippen LogP contribution is 2.33. The van der Waals surface area contributed by atoms with Crippen LogP contribution in [0.5, 0.6) is 5.75 Å². The van der Waals surface area contributed by atoms with Crippen molar-refractivity contribution in [3.8, 4) is 5.75 Å². The van der Waals surface area contributed by atoms with Gasteiger partial charge in [0.15, 0.2) is 0 Å². The Morgan fingerprint density at radius 3 is 2.74 bits per heavy atom. The number of nitrogens with zero attached hydrogens (tertiary/aromatic N) is 2. The van der Waals surface area contributed by atoms with E-state index in [9.17, 15) is 19.8 Å². The number of benzene rings is 1. The fourth-order valence-electron chi connectivity index (χ4n) is 3.09. The summed E-state index contributed by atoms with van der Waals surface area (Å²) >= 11 is 11.8. The first-order valence-corrected chi connectivity index (χ1v) is 9.36. The molecule has 1 aromatic carbocycles. The van der Waals surface area contributed by atoms with E-state index in [1.807, 2.05) is 0 Å². The molecule has 1 atom stereocenters. The van der Waals surface area contributed by atoms with Crippen molar-refractivity contribution >= 4 is 40.7 Å². The van der Waals surface area contributed by atoms with Crippen molar-refractivity contribution in [3.63, 3.8) is 0 Å². The molecule has 1 aliphatic heterocycles. The molecule has 0 unspecified atom stereocenters. The molecule has 1 aliphatic rings. The van der Waals surface area contributed by atoms with Crippen LogP contribution in [0.25, 0.3) is 0 Å². The number of amides is 2. The number of phenolic OH excluding ortho intramolecular Hbond substituents is 1. The van der Waals surface area contributed by atoms with Crippen LogP contribution in [-0.2, 0) is 9.59 Å². The van der Waals surface area contributed by atoms with E-state index in [1.54, 1.807) is 9.80 Å². The molecule has 0 aliphatic carbocycles. The molecule has 148 valence electrons. The van der Waals surface area contributed by atoms with Gasteiger partial charge in [-0.3, -0.25) is 9.59 Å². The van der Waals surface area contributed by atoms with Crippen LogP contribution in [0.1, 0.15) is 12.8 Å². The molecule has 1 heterocycles. The second-order valence-electron chi connectivity index (χ2n) is 6.23. The number of phenols is 1. The van der Waals surface area contributed by atoms with E-state index in [2.05, 4.69) is 11.9 Å². The van der Waals surface area contributed by atoms with Gasteiger partial charge in [0.25, 0.3) is 0 Å². The van der Waals surface area contributed by atoms with Gasteiger partial charge in [-0.25, -0.2) is 0 Å². The van der Waals surface area contributed by atoms with Crippen molar-refractivity contribution in [2.75, 3.05) is 38.1 Å². The predicted octanol–water partition coefficient (Wildman–Crippen LogP) is 2.11. The monoisotopic (exact) mass is 415 g/mol. The van der Waals surface area contributed by atoms with E-state index in [1.165, 1.54) is 18.2 Å². The molecule has 27 heavy (non-hydrogen) atoms. The second-order valence-corrected chi connectivity index (χ2v) is 7.05. The molecule has 0 bridgehead atoms. The van der Waals surface area contributed by atoms with Gasteiger partial charge >= 0.3 is 0 Å². The molecule has 1 aromatic rings. The standard InChI is InChI=1S/C18H23Cl2N3O4/c1-2-17(26)23(6-7-24)12-4-3-5-22(11-12)18(27)10-21-15-8-13(19)14(20)9-16(15)25/h2,8-9,12,21,24-25H,1,3-7,10-11H2/t12-/m1/s1. The summed E-state index contributed by atoms with van der Waals surface area (Å²) in [6.45, 7) is 4.47. The maximum absolute atomic E-state index is 12.5. The van der Waals surface area contributed by atoms with Crippen molar-refractivity contribution in [2.45, 2.75) is 18.9 Å². The highest BCUT2D eigenvalue weighted by Gasteiger charge is 2.29. The first-order chi connectivity index (χ1) is 12.9. The molecule has 1 fully saturated rings. The number of nitrogens with one attached hydrogen (secondary N) is 1. The Morgan fingerprint density at radius 2 is 2.07 bits per heavy atom. The van der Waals surface area contributed by atoms with E-state index in [4.69, 9.17) is 23.2 Å². The van der Waals surface area contributed by atoms with Crippen LogP contribution in [0.15, 0.2) is 24.8 Å². The lowest BCUT2D eigenvalue weighted by molar-refractivity contribution is -0.136. The number of piperidine rings is 1. The third kappa shape index (κ3) is 5.51. The third-order valence-electron chi connectivity index (χ3n) is 4.46. The van der Waals surface area contributed by atoms with Crippen molar-refractivity contribution in [1.82, 2.24) is 9.80 Å². The maximum atomic E-state index is 12.5. The van der Waals surface area contributed by atoms with Gasteiger partial charge in [-0.2, -0.15) is 0 Å². The van der Waals surface area contributed by atoms with Gasteiger partial charge in [0.05, 0.1) is 28.9 Å². The fourth-order valence-corrected chi connectivity index (χ4v) is 3.42. The summed E-state index contributed by atoms with van der Waals surface area (Å²) in [4.78, 5) is 27.8. The van der Waals surface area contributed by atoms with Crippen LogP contribution in [0.4, 0.5) is 5.69 Å². The van der Waals surface area contributed by atoms with Crippen molar-refractivity contribution < 1.29 is 19.8 Å². The number of halogens is 2. The summed E-state index contributed by atoms with van der Waals surface area (Å²) < 4.78 is 0. The number of likely N-dealkylation sites (tertiary alicyclic amines) is 1. The van der Waals surface area contributed by atoms with Crippen molar-refractivity contribution in [2.24, 2.45) is 0 Å². The Balaban J connectivity index is 1.99. The number of hydrogen-bond donors (Lipinski definition) is 3. The van der Waals surface area contributed by atoms with Crippen LogP contribution < -0.4 is 5.32 Å². The minimum Gasteiger partial charge on any atom is -0.506 e. The molecular weight excluding hydrogens is 393 g/mol. The van der Waals surface area contributed by atoms with Crippen molar-refractivity contribution in [1.29, 1.82) is 0 Å². The van der Waals surface area contributed by atoms with E-state index < -0.39 is 0 Å². The molecule has 7 nitrogen and oxygen atoms in total.